The number of amides is 1. The third kappa shape index (κ3) is 8.05. The second-order valence-electron chi connectivity index (χ2n) is 3.17. The Morgan fingerprint density at radius 3 is 2.06 bits per heavy atom. The number of carboxylic acids is 2. The van der Waals surface area contributed by atoms with Crippen molar-refractivity contribution in [2.24, 2.45) is 0 Å². The van der Waals surface area contributed by atoms with Crippen LogP contribution in [0.3, 0.4) is 0 Å². The van der Waals surface area contributed by atoms with Crippen molar-refractivity contribution in [3.8, 4) is 0 Å². The first-order valence-electron chi connectivity index (χ1n) is 4.42. The van der Waals surface area contributed by atoms with E-state index < -0.39 is 49.3 Å². The van der Waals surface area contributed by atoms with Gasteiger partial charge in [0.2, 0.25) is 5.91 Å². The molecule has 1 atom stereocenters. The number of carboxylic acid groups (broad SMARTS) is 2. The molecule has 0 spiro atoms. The molecule has 0 heterocycles. The van der Waals surface area contributed by atoms with Crippen molar-refractivity contribution in [2.45, 2.75) is 31.5 Å². The predicted molar refractivity (Wildman–Crippen MR) is 47.1 cm³/mol. The number of rotatable bonds is 6. The molecule has 0 aliphatic heterocycles. The van der Waals surface area contributed by atoms with E-state index in [2.05, 4.69) is 0 Å². The van der Waals surface area contributed by atoms with Crippen molar-refractivity contribution in [3.63, 3.8) is 0 Å². The zero-order chi connectivity index (χ0) is 13.6. The highest BCUT2D eigenvalue weighted by Gasteiger charge is 2.29. The van der Waals surface area contributed by atoms with Crippen LogP contribution in [0, 0.1) is 0 Å². The van der Waals surface area contributed by atoms with Crippen molar-refractivity contribution in [1.82, 2.24) is 5.32 Å². The van der Waals surface area contributed by atoms with Crippen molar-refractivity contribution in [1.29, 1.82) is 0 Å². The molecule has 0 aliphatic carbocycles. The number of carbonyl (C=O) groups is 3. The van der Waals surface area contributed by atoms with Gasteiger partial charge >= 0.3 is 18.1 Å². The first-order chi connectivity index (χ1) is 7.61. The van der Waals surface area contributed by atoms with E-state index in [4.69, 9.17) is 10.2 Å². The van der Waals surface area contributed by atoms with Crippen molar-refractivity contribution >= 4 is 17.8 Å². The van der Waals surface area contributed by atoms with Crippen LogP contribution in [0.5, 0.6) is 0 Å². The SMILES string of the molecule is O=C(O)CC(NC(=O)CCC(F)(F)F)C(=O)O. The molecule has 0 saturated carbocycles. The van der Waals surface area contributed by atoms with Gasteiger partial charge in [-0.3, -0.25) is 9.59 Å². The summed E-state index contributed by atoms with van der Waals surface area (Å²) in [6.45, 7) is 0. The minimum atomic E-state index is -4.52. The third-order valence-electron chi connectivity index (χ3n) is 1.65. The van der Waals surface area contributed by atoms with Gasteiger partial charge in [-0.2, -0.15) is 13.2 Å². The van der Waals surface area contributed by atoms with Gasteiger partial charge in [0.15, 0.2) is 0 Å². The smallest absolute Gasteiger partial charge is 0.389 e. The summed E-state index contributed by atoms with van der Waals surface area (Å²) in [5.74, 6) is -4.25. The normalized spacial score (nSPS) is 12.9. The highest BCUT2D eigenvalue weighted by atomic mass is 19.4. The van der Waals surface area contributed by atoms with Crippen LogP contribution in [-0.2, 0) is 14.4 Å². The Morgan fingerprint density at radius 2 is 1.71 bits per heavy atom. The number of alkyl halides is 3. The summed E-state index contributed by atoms with van der Waals surface area (Å²) in [5, 5.41) is 18.5. The van der Waals surface area contributed by atoms with Crippen LogP contribution in [0.15, 0.2) is 0 Å². The van der Waals surface area contributed by atoms with E-state index in [0.717, 1.165) is 0 Å². The summed E-state index contributed by atoms with van der Waals surface area (Å²) in [6, 6.07) is -1.73. The first kappa shape index (κ1) is 15.2. The van der Waals surface area contributed by atoms with Crippen LogP contribution in [0.2, 0.25) is 0 Å². The van der Waals surface area contributed by atoms with Crippen LogP contribution in [-0.4, -0.2) is 40.3 Å². The average Bonchev–Trinajstić information content (AvgIpc) is 2.11. The topological polar surface area (TPSA) is 104 Å². The molecule has 0 radical (unpaired) electrons. The monoisotopic (exact) mass is 257 g/mol. The predicted octanol–water partition coefficient (Wildman–Crippen LogP) is 0.373. The number of nitrogens with one attached hydrogen (secondary N) is 1. The second-order valence-corrected chi connectivity index (χ2v) is 3.17. The Labute approximate surface area is 93.4 Å². The maximum atomic E-state index is 11.7. The van der Waals surface area contributed by atoms with Gasteiger partial charge in [-0.25, -0.2) is 4.79 Å². The number of hydrogen-bond acceptors (Lipinski definition) is 3. The van der Waals surface area contributed by atoms with Gasteiger partial charge < -0.3 is 15.5 Å². The summed E-state index contributed by atoms with van der Waals surface area (Å²) in [7, 11) is 0. The van der Waals surface area contributed by atoms with Gasteiger partial charge in [0.1, 0.15) is 6.04 Å². The lowest BCUT2D eigenvalue weighted by Gasteiger charge is -2.12. The summed E-state index contributed by atoms with van der Waals surface area (Å²) < 4.78 is 35.2. The number of halogens is 3. The fourth-order valence-corrected chi connectivity index (χ4v) is 0.896. The molecule has 0 aromatic carbocycles. The van der Waals surface area contributed by atoms with Gasteiger partial charge in [0.25, 0.3) is 0 Å². The lowest BCUT2D eigenvalue weighted by atomic mass is 10.2. The maximum absolute atomic E-state index is 11.7. The zero-order valence-corrected chi connectivity index (χ0v) is 8.45. The molecule has 9 heteroatoms. The van der Waals surface area contributed by atoms with E-state index in [1.165, 1.54) is 0 Å². The largest absolute Gasteiger partial charge is 0.481 e. The Bertz CT molecular complexity index is 315. The number of carbonyl (C=O) groups excluding carboxylic acids is 1. The highest BCUT2D eigenvalue weighted by molar-refractivity contribution is 5.86. The Hall–Kier alpha value is -1.80. The molecule has 0 rings (SSSR count). The summed E-state index contributed by atoms with van der Waals surface area (Å²) in [4.78, 5) is 31.6. The summed E-state index contributed by atoms with van der Waals surface area (Å²) >= 11 is 0. The van der Waals surface area contributed by atoms with E-state index >= 15 is 0 Å². The molecule has 3 N–H and O–H groups in total. The molecule has 0 bridgehead atoms. The third-order valence-corrected chi connectivity index (χ3v) is 1.65. The molecule has 0 saturated heterocycles. The van der Waals surface area contributed by atoms with Gasteiger partial charge in [-0.15, -0.1) is 0 Å². The maximum Gasteiger partial charge on any atom is 0.389 e. The lowest BCUT2D eigenvalue weighted by Crippen LogP contribution is -2.42. The molecular weight excluding hydrogens is 247 g/mol. The molecule has 17 heavy (non-hydrogen) atoms. The van der Waals surface area contributed by atoms with E-state index in [1.54, 1.807) is 5.32 Å². The molecule has 1 unspecified atom stereocenters. The van der Waals surface area contributed by atoms with Crippen molar-refractivity contribution in [3.05, 3.63) is 0 Å². The minimum absolute atomic E-state index is 0.896. The fourth-order valence-electron chi connectivity index (χ4n) is 0.896. The van der Waals surface area contributed by atoms with Crippen LogP contribution < -0.4 is 5.32 Å². The molecule has 0 aliphatic rings. The Morgan fingerprint density at radius 1 is 1.18 bits per heavy atom. The summed E-state index contributed by atoms with van der Waals surface area (Å²) in [5.41, 5.74) is 0. The standard InChI is InChI=1S/C8H10F3NO5/c9-8(10,11)2-1-5(13)12-4(7(16)17)3-6(14)15/h4H,1-3H2,(H,12,13)(H,14,15)(H,16,17). The molecular formula is C8H10F3NO5. The Balaban J connectivity index is 4.22. The summed E-state index contributed by atoms with van der Waals surface area (Å²) in [6.07, 6.45) is -7.75. The first-order valence-corrected chi connectivity index (χ1v) is 4.42. The van der Waals surface area contributed by atoms with Crippen LogP contribution in [0.4, 0.5) is 13.2 Å². The lowest BCUT2D eigenvalue weighted by molar-refractivity contribution is -0.149. The van der Waals surface area contributed by atoms with Crippen LogP contribution in [0.1, 0.15) is 19.3 Å². The average molecular weight is 257 g/mol. The van der Waals surface area contributed by atoms with Crippen LogP contribution in [0.25, 0.3) is 0 Å². The van der Waals surface area contributed by atoms with E-state index in [0.29, 0.717) is 0 Å². The van der Waals surface area contributed by atoms with Crippen molar-refractivity contribution < 1.29 is 37.8 Å². The Kier molecular flexibility index (Phi) is 5.42. The number of aliphatic carboxylic acids is 2. The molecule has 0 fully saturated rings. The van der Waals surface area contributed by atoms with Gasteiger partial charge in [0, 0.05) is 6.42 Å². The van der Waals surface area contributed by atoms with Crippen molar-refractivity contribution in [2.75, 3.05) is 0 Å². The van der Waals surface area contributed by atoms with Crippen LogP contribution >= 0.6 is 0 Å². The minimum Gasteiger partial charge on any atom is -0.481 e. The van der Waals surface area contributed by atoms with E-state index in [9.17, 15) is 27.6 Å². The quantitative estimate of drug-likeness (QED) is 0.637. The molecule has 0 aromatic heterocycles. The van der Waals surface area contributed by atoms with Gasteiger partial charge in [-0.1, -0.05) is 0 Å². The molecule has 1 amide bonds. The fraction of sp³-hybridized carbons (Fsp3) is 0.625. The second kappa shape index (κ2) is 6.06. The molecule has 6 nitrogen and oxygen atoms in total. The number of hydrogen-bond donors (Lipinski definition) is 3. The van der Waals surface area contributed by atoms with Gasteiger partial charge in [-0.05, 0) is 0 Å². The molecule has 0 aromatic rings. The molecule has 98 valence electrons. The van der Waals surface area contributed by atoms with Gasteiger partial charge in [0.05, 0.1) is 12.8 Å². The zero-order valence-electron chi connectivity index (χ0n) is 8.45. The van der Waals surface area contributed by atoms with E-state index in [1.807, 2.05) is 0 Å². The van der Waals surface area contributed by atoms with E-state index in [-0.39, 0.29) is 0 Å². The highest BCUT2D eigenvalue weighted by Crippen LogP contribution is 2.21.